The number of fused-ring (bicyclic) bond motifs is 1. The standard InChI is InChI=1S/C21H31N7O5S/c1-9-16-15(10(2)26-14(29)5-24-8-22)20(31)28(16)17(21(32)33)18(9)34-12-6-27(7-12)19(30)13-3-11(23)4-25-13/h8-13,15-16,25H,3-7,23H2,1-2H3,(H2,22,24)(H,26,29)(H,32,33)/t9-,10-,11+,13+,15-,16-/m1/s1. The van der Waals surface area contributed by atoms with Crippen molar-refractivity contribution in [3.05, 3.63) is 10.6 Å². The summed E-state index contributed by atoms with van der Waals surface area (Å²) in [6.07, 6.45) is 1.53. The quantitative estimate of drug-likeness (QED) is 0.121. The molecule has 6 atom stereocenters. The number of carboxylic acid groups (broad SMARTS) is 1. The highest BCUT2D eigenvalue weighted by Crippen LogP contribution is 2.52. The second kappa shape index (κ2) is 9.55. The van der Waals surface area contributed by atoms with E-state index in [1.54, 1.807) is 11.8 Å². The van der Waals surface area contributed by atoms with Gasteiger partial charge in [-0.05, 0) is 13.3 Å². The molecule has 7 N–H and O–H groups in total. The molecule has 0 unspecified atom stereocenters. The molecule has 34 heavy (non-hydrogen) atoms. The predicted molar refractivity (Wildman–Crippen MR) is 125 cm³/mol. The van der Waals surface area contributed by atoms with Gasteiger partial charge < -0.3 is 36.6 Å². The number of carbonyl (C=O) groups excluding carboxylic acids is 3. The summed E-state index contributed by atoms with van der Waals surface area (Å²) >= 11 is 1.43. The number of rotatable bonds is 9. The fraction of sp³-hybridized carbons (Fsp3) is 0.667. The first-order valence-corrected chi connectivity index (χ1v) is 12.3. The Morgan fingerprint density at radius 1 is 1.38 bits per heavy atom. The number of carbonyl (C=O) groups is 4. The molecule has 0 bridgehead atoms. The SMILES string of the molecule is C[C@@H](NC(=O)CNC=N)[C@H]1C(=O)N2C(C(=O)O)=C(SC3CN(C(=O)[C@@H]4C[C@H](N)CN4)C3)[C@H](C)[C@H]12. The Morgan fingerprint density at radius 3 is 2.68 bits per heavy atom. The van der Waals surface area contributed by atoms with Crippen LogP contribution in [0.3, 0.4) is 0 Å². The molecule has 13 heteroatoms. The zero-order valence-corrected chi connectivity index (χ0v) is 19.9. The number of β-lactam (4-membered cyclic amide) rings is 1. The van der Waals surface area contributed by atoms with Crippen LogP contribution >= 0.6 is 11.8 Å². The van der Waals surface area contributed by atoms with Crippen molar-refractivity contribution >= 4 is 41.8 Å². The fourth-order valence-corrected chi connectivity index (χ4v) is 6.80. The molecule has 0 aromatic carbocycles. The Morgan fingerprint density at radius 2 is 2.09 bits per heavy atom. The third-order valence-corrected chi connectivity index (χ3v) is 8.45. The highest BCUT2D eigenvalue weighted by atomic mass is 32.2. The Hall–Kier alpha value is -2.64. The predicted octanol–water partition coefficient (Wildman–Crippen LogP) is -1.91. The first-order chi connectivity index (χ1) is 16.1. The summed E-state index contributed by atoms with van der Waals surface area (Å²) in [4.78, 5) is 53.4. The molecule has 3 fully saturated rings. The van der Waals surface area contributed by atoms with Gasteiger partial charge in [0.15, 0.2) is 0 Å². The number of thioether (sulfide) groups is 1. The van der Waals surface area contributed by atoms with E-state index in [0.29, 0.717) is 31.0 Å². The summed E-state index contributed by atoms with van der Waals surface area (Å²) in [5.41, 5.74) is 5.89. The van der Waals surface area contributed by atoms with Gasteiger partial charge in [-0.2, -0.15) is 0 Å². The molecule has 0 aromatic rings. The third-order valence-electron chi connectivity index (χ3n) is 7.00. The van der Waals surface area contributed by atoms with E-state index in [-0.39, 0.29) is 59.3 Å². The first kappa shape index (κ1) is 24.5. The molecule has 3 saturated heterocycles. The minimum Gasteiger partial charge on any atom is -0.477 e. The molecule has 4 aliphatic rings. The van der Waals surface area contributed by atoms with Crippen LogP contribution in [0.2, 0.25) is 0 Å². The second-order valence-electron chi connectivity index (χ2n) is 9.35. The number of aliphatic carboxylic acids is 1. The molecule has 0 spiro atoms. The van der Waals surface area contributed by atoms with Gasteiger partial charge in [-0.3, -0.25) is 19.8 Å². The summed E-state index contributed by atoms with van der Waals surface area (Å²) in [5.74, 6) is -2.50. The molecule has 0 aliphatic carbocycles. The van der Waals surface area contributed by atoms with E-state index in [1.807, 2.05) is 6.92 Å². The van der Waals surface area contributed by atoms with Crippen molar-refractivity contribution in [3.8, 4) is 0 Å². The van der Waals surface area contributed by atoms with E-state index in [4.69, 9.17) is 11.1 Å². The fourth-order valence-electron chi connectivity index (χ4n) is 5.28. The maximum Gasteiger partial charge on any atom is 0.353 e. The Kier molecular flexibility index (Phi) is 6.87. The lowest BCUT2D eigenvalue weighted by molar-refractivity contribution is -0.158. The van der Waals surface area contributed by atoms with Gasteiger partial charge in [-0.1, -0.05) is 6.92 Å². The molecular weight excluding hydrogens is 462 g/mol. The highest BCUT2D eigenvalue weighted by Gasteiger charge is 2.60. The van der Waals surface area contributed by atoms with Gasteiger partial charge in [-0.15, -0.1) is 11.8 Å². The van der Waals surface area contributed by atoms with E-state index in [1.165, 1.54) is 16.7 Å². The number of nitrogens with zero attached hydrogens (tertiary/aromatic N) is 2. The molecule has 0 saturated carbocycles. The molecule has 0 aromatic heterocycles. The number of hydrogen-bond acceptors (Lipinski definition) is 8. The Bertz CT molecular complexity index is 936. The van der Waals surface area contributed by atoms with Crippen LogP contribution in [0.1, 0.15) is 20.3 Å². The maximum atomic E-state index is 12.9. The van der Waals surface area contributed by atoms with Crippen LogP contribution in [0.25, 0.3) is 0 Å². The smallest absolute Gasteiger partial charge is 0.353 e. The van der Waals surface area contributed by atoms with Crippen molar-refractivity contribution in [2.45, 2.75) is 49.7 Å². The zero-order valence-electron chi connectivity index (χ0n) is 19.1. The number of amides is 3. The van der Waals surface area contributed by atoms with Gasteiger partial charge in [0.2, 0.25) is 17.7 Å². The van der Waals surface area contributed by atoms with Crippen molar-refractivity contribution in [1.82, 2.24) is 25.8 Å². The lowest BCUT2D eigenvalue weighted by atomic mass is 9.78. The van der Waals surface area contributed by atoms with E-state index < -0.39 is 17.9 Å². The van der Waals surface area contributed by atoms with Crippen molar-refractivity contribution in [3.63, 3.8) is 0 Å². The van der Waals surface area contributed by atoms with Gasteiger partial charge in [0.1, 0.15) is 5.70 Å². The van der Waals surface area contributed by atoms with E-state index in [9.17, 15) is 24.3 Å². The molecular formula is C21H31N7O5S. The zero-order chi connectivity index (χ0) is 24.7. The molecule has 4 aliphatic heterocycles. The molecule has 4 rings (SSSR count). The topological polar surface area (TPSA) is 181 Å². The van der Waals surface area contributed by atoms with Crippen LogP contribution in [-0.2, 0) is 19.2 Å². The van der Waals surface area contributed by atoms with Crippen LogP contribution in [0.4, 0.5) is 0 Å². The van der Waals surface area contributed by atoms with Gasteiger partial charge in [0, 0.05) is 47.8 Å². The average molecular weight is 494 g/mol. The first-order valence-electron chi connectivity index (χ1n) is 11.4. The summed E-state index contributed by atoms with van der Waals surface area (Å²) in [7, 11) is 0. The number of hydrogen-bond donors (Lipinski definition) is 6. The number of likely N-dealkylation sites (tertiary alicyclic amines) is 1. The largest absolute Gasteiger partial charge is 0.477 e. The van der Waals surface area contributed by atoms with Crippen molar-refractivity contribution in [2.75, 3.05) is 26.2 Å². The van der Waals surface area contributed by atoms with Crippen molar-refractivity contribution in [1.29, 1.82) is 5.41 Å². The number of nitrogens with one attached hydrogen (secondary N) is 4. The summed E-state index contributed by atoms with van der Waals surface area (Å²) in [6.45, 7) is 5.24. The van der Waals surface area contributed by atoms with Gasteiger partial charge in [-0.25, -0.2) is 4.79 Å². The minimum atomic E-state index is -1.15. The van der Waals surface area contributed by atoms with Crippen LogP contribution in [0.5, 0.6) is 0 Å². The average Bonchev–Trinajstić information content (AvgIpc) is 3.28. The van der Waals surface area contributed by atoms with Crippen LogP contribution in [-0.4, -0.2) is 101 Å². The van der Waals surface area contributed by atoms with E-state index in [2.05, 4.69) is 16.0 Å². The van der Waals surface area contributed by atoms with E-state index in [0.717, 1.165) is 6.34 Å². The van der Waals surface area contributed by atoms with Crippen molar-refractivity contribution < 1.29 is 24.3 Å². The minimum absolute atomic E-state index is 0.0148. The van der Waals surface area contributed by atoms with Gasteiger partial charge in [0.05, 0.1) is 30.9 Å². The lowest BCUT2D eigenvalue weighted by Crippen LogP contribution is -2.66. The molecule has 0 radical (unpaired) electrons. The lowest BCUT2D eigenvalue weighted by Gasteiger charge is -2.47. The van der Waals surface area contributed by atoms with Gasteiger partial charge in [0.25, 0.3) is 0 Å². The summed E-state index contributed by atoms with van der Waals surface area (Å²) in [6, 6.07) is -1.09. The maximum absolute atomic E-state index is 12.9. The summed E-state index contributed by atoms with van der Waals surface area (Å²) in [5, 5.41) is 25.3. The second-order valence-corrected chi connectivity index (χ2v) is 10.7. The van der Waals surface area contributed by atoms with Crippen molar-refractivity contribution in [2.24, 2.45) is 17.6 Å². The van der Waals surface area contributed by atoms with Crippen LogP contribution < -0.4 is 21.7 Å². The normalized spacial score (nSPS) is 31.5. The van der Waals surface area contributed by atoms with Crippen LogP contribution in [0.15, 0.2) is 10.6 Å². The number of nitrogens with two attached hydrogens (primary N) is 1. The van der Waals surface area contributed by atoms with E-state index >= 15 is 0 Å². The molecule has 12 nitrogen and oxygen atoms in total. The highest BCUT2D eigenvalue weighted by molar-refractivity contribution is 8.03. The van der Waals surface area contributed by atoms with Crippen LogP contribution in [0, 0.1) is 17.2 Å². The third kappa shape index (κ3) is 4.27. The van der Waals surface area contributed by atoms with Gasteiger partial charge >= 0.3 is 5.97 Å². The molecule has 4 heterocycles. The summed E-state index contributed by atoms with van der Waals surface area (Å²) < 4.78 is 0. The Balaban J connectivity index is 1.38. The molecule has 186 valence electrons. The number of carboxylic acids is 1. The monoisotopic (exact) mass is 493 g/mol. The Labute approximate surface area is 201 Å². The molecule has 3 amide bonds.